The molecule has 0 saturated heterocycles. The minimum Gasteiger partial charge on any atom is -0.308 e. The van der Waals surface area contributed by atoms with Gasteiger partial charge < -0.3 is 5.32 Å². The molecule has 0 spiro atoms. The average Bonchev–Trinajstić information content (AvgIpc) is 2.47. The monoisotopic (exact) mass is 287 g/mol. The van der Waals surface area contributed by atoms with E-state index in [2.05, 4.69) is 66.5 Å². The van der Waals surface area contributed by atoms with Crippen LogP contribution in [-0.2, 0) is 0 Å². The van der Waals surface area contributed by atoms with Crippen LogP contribution in [-0.4, -0.2) is 12.1 Å². The van der Waals surface area contributed by atoms with Gasteiger partial charge in [0.1, 0.15) is 0 Å². The molecule has 0 aliphatic rings. The van der Waals surface area contributed by atoms with E-state index in [-0.39, 0.29) is 5.54 Å². The second-order valence-corrected chi connectivity index (χ2v) is 6.62. The van der Waals surface area contributed by atoms with Gasteiger partial charge in [0.2, 0.25) is 0 Å². The Morgan fingerprint density at radius 3 is 2.67 bits per heavy atom. The van der Waals surface area contributed by atoms with Crippen molar-refractivity contribution in [1.29, 1.82) is 0 Å². The fourth-order valence-electron chi connectivity index (χ4n) is 1.10. The Kier molecular flexibility index (Phi) is 4.56. The molecule has 1 rings (SSSR count). The molecular weight excluding hydrogens is 270 g/mol. The van der Waals surface area contributed by atoms with Crippen molar-refractivity contribution in [3.05, 3.63) is 26.4 Å². The van der Waals surface area contributed by atoms with Crippen molar-refractivity contribution in [2.75, 3.05) is 6.54 Å². The first kappa shape index (κ1) is 12.9. The molecule has 0 aromatic carbocycles. The van der Waals surface area contributed by atoms with E-state index in [9.17, 15) is 0 Å². The highest BCUT2D eigenvalue weighted by Gasteiger charge is 2.07. The van der Waals surface area contributed by atoms with Gasteiger partial charge in [-0.2, -0.15) is 0 Å². The zero-order valence-electron chi connectivity index (χ0n) is 9.73. The molecule has 1 aromatic rings. The number of rotatable bonds is 3. The first-order valence-electron chi connectivity index (χ1n) is 5.03. The minimum absolute atomic E-state index is 0.186. The summed E-state index contributed by atoms with van der Waals surface area (Å²) in [6.07, 6.45) is 2.23. The molecule has 0 aliphatic carbocycles. The van der Waals surface area contributed by atoms with E-state index in [0.29, 0.717) is 0 Å². The molecule has 1 N–H and O–H groups in total. The van der Waals surface area contributed by atoms with Gasteiger partial charge in [-0.3, -0.25) is 0 Å². The zero-order chi connectivity index (χ0) is 11.5. The Morgan fingerprint density at radius 1 is 1.53 bits per heavy atom. The number of hydrogen-bond donors (Lipinski definition) is 1. The molecule has 1 nitrogen and oxygen atoms in total. The Labute approximate surface area is 105 Å². The third kappa shape index (κ3) is 5.50. The number of thiophene rings is 1. The lowest BCUT2D eigenvalue weighted by atomic mass is 10.1. The van der Waals surface area contributed by atoms with Crippen LogP contribution >= 0.6 is 27.3 Å². The van der Waals surface area contributed by atoms with E-state index in [1.54, 1.807) is 11.3 Å². The SMILES string of the molecule is CC(=Cc1cc(Br)cs1)CNC(C)(C)C. The van der Waals surface area contributed by atoms with Gasteiger partial charge in [-0.25, -0.2) is 0 Å². The van der Waals surface area contributed by atoms with E-state index >= 15 is 0 Å². The standard InChI is InChI=1S/C12H18BrNS/c1-9(7-14-12(2,3)4)5-11-6-10(13)8-15-11/h5-6,8,14H,7H2,1-4H3. The molecule has 0 unspecified atom stereocenters. The van der Waals surface area contributed by atoms with Gasteiger partial charge in [0.25, 0.3) is 0 Å². The van der Waals surface area contributed by atoms with Crippen LogP contribution in [0, 0.1) is 0 Å². The summed E-state index contributed by atoms with van der Waals surface area (Å²) >= 11 is 5.22. The molecule has 1 aromatic heterocycles. The van der Waals surface area contributed by atoms with E-state index in [1.807, 2.05) is 0 Å². The lowest BCUT2D eigenvalue weighted by Gasteiger charge is -2.20. The van der Waals surface area contributed by atoms with Crippen molar-refractivity contribution in [2.45, 2.75) is 33.2 Å². The molecule has 15 heavy (non-hydrogen) atoms. The van der Waals surface area contributed by atoms with Gasteiger partial charge in [0.05, 0.1) is 0 Å². The molecule has 1 heterocycles. The van der Waals surface area contributed by atoms with Gasteiger partial charge in [-0.1, -0.05) is 5.57 Å². The van der Waals surface area contributed by atoms with Gasteiger partial charge >= 0.3 is 0 Å². The summed E-state index contributed by atoms with van der Waals surface area (Å²) in [6, 6.07) is 2.14. The highest BCUT2D eigenvalue weighted by atomic mass is 79.9. The van der Waals surface area contributed by atoms with Crippen molar-refractivity contribution < 1.29 is 0 Å². The van der Waals surface area contributed by atoms with Crippen molar-refractivity contribution in [3.63, 3.8) is 0 Å². The molecule has 0 amide bonds. The molecule has 84 valence electrons. The minimum atomic E-state index is 0.186. The maximum absolute atomic E-state index is 3.47. The van der Waals surface area contributed by atoms with Crippen molar-refractivity contribution in [2.24, 2.45) is 0 Å². The van der Waals surface area contributed by atoms with Crippen LogP contribution in [0.2, 0.25) is 0 Å². The lowest BCUT2D eigenvalue weighted by molar-refractivity contribution is 0.445. The summed E-state index contributed by atoms with van der Waals surface area (Å²) in [6.45, 7) is 9.65. The molecular formula is C12H18BrNS. The second-order valence-electron chi connectivity index (χ2n) is 4.76. The summed E-state index contributed by atoms with van der Waals surface area (Å²) < 4.78 is 1.16. The Hall–Kier alpha value is -0.120. The van der Waals surface area contributed by atoms with Gasteiger partial charge in [0.15, 0.2) is 0 Å². The van der Waals surface area contributed by atoms with Gasteiger partial charge in [-0.15, -0.1) is 11.3 Å². The fraction of sp³-hybridized carbons (Fsp3) is 0.500. The predicted molar refractivity (Wildman–Crippen MR) is 73.4 cm³/mol. The molecule has 0 aliphatic heterocycles. The van der Waals surface area contributed by atoms with Crippen molar-refractivity contribution in [3.8, 4) is 0 Å². The van der Waals surface area contributed by atoms with Crippen LogP contribution in [0.25, 0.3) is 6.08 Å². The number of nitrogens with one attached hydrogen (secondary N) is 1. The van der Waals surface area contributed by atoms with Crippen LogP contribution in [0.3, 0.4) is 0 Å². The van der Waals surface area contributed by atoms with E-state index in [4.69, 9.17) is 0 Å². The maximum Gasteiger partial charge on any atom is 0.0288 e. The van der Waals surface area contributed by atoms with Crippen molar-refractivity contribution in [1.82, 2.24) is 5.32 Å². The first-order valence-corrected chi connectivity index (χ1v) is 6.70. The molecule has 0 saturated carbocycles. The fourth-order valence-corrected chi connectivity index (χ4v) is 2.56. The molecule has 0 atom stereocenters. The molecule has 0 radical (unpaired) electrons. The normalized spacial score (nSPS) is 13.3. The van der Waals surface area contributed by atoms with E-state index in [1.165, 1.54) is 10.5 Å². The second kappa shape index (κ2) is 5.28. The lowest BCUT2D eigenvalue weighted by Crippen LogP contribution is -2.36. The van der Waals surface area contributed by atoms with Crippen molar-refractivity contribution >= 4 is 33.3 Å². The quantitative estimate of drug-likeness (QED) is 0.874. The zero-order valence-corrected chi connectivity index (χ0v) is 12.1. The third-order valence-corrected chi connectivity index (χ3v) is 3.51. The van der Waals surface area contributed by atoms with Crippen LogP contribution in [0.4, 0.5) is 0 Å². The Bertz CT molecular complexity index is 347. The number of hydrogen-bond acceptors (Lipinski definition) is 2. The van der Waals surface area contributed by atoms with Crippen LogP contribution in [0.1, 0.15) is 32.6 Å². The topological polar surface area (TPSA) is 12.0 Å². The first-order chi connectivity index (χ1) is 6.87. The largest absolute Gasteiger partial charge is 0.308 e. The Morgan fingerprint density at radius 2 is 2.20 bits per heavy atom. The summed E-state index contributed by atoms with van der Waals surface area (Å²) in [5.41, 5.74) is 1.55. The van der Waals surface area contributed by atoms with E-state index in [0.717, 1.165) is 11.0 Å². The molecule has 0 fully saturated rings. The van der Waals surface area contributed by atoms with Gasteiger partial charge in [0, 0.05) is 26.8 Å². The Balaban J connectivity index is 2.53. The van der Waals surface area contributed by atoms with Crippen LogP contribution in [0.15, 0.2) is 21.5 Å². The predicted octanol–water partition coefficient (Wildman–Crippen LogP) is 4.30. The molecule has 0 bridgehead atoms. The average molecular weight is 288 g/mol. The van der Waals surface area contributed by atoms with Crippen LogP contribution in [0.5, 0.6) is 0 Å². The van der Waals surface area contributed by atoms with Gasteiger partial charge in [-0.05, 0) is 55.8 Å². The van der Waals surface area contributed by atoms with E-state index < -0.39 is 0 Å². The summed E-state index contributed by atoms with van der Waals surface area (Å²) in [7, 11) is 0. The highest BCUT2D eigenvalue weighted by Crippen LogP contribution is 2.21. The number of halogens is 1. The maximum atomic E-state index is 3.47. The summed E-state index contributed by atoms with van der Waals surface area (Å²) in [4.78, 5) is 1.30. The molecule has 3 heteroatoms. The van der Waals surface area contributed by atoms with Crippen LogP contribution < -0.4 is 5.32 Å². The summed E-state index contributed by atoms with van der Waals surface area (Å²) in [5, 5.41) is 5.58. The summed E-state index contributed by atoms with van der Waals surface area (Å²) in [5.74, 6) is 0. The third-order valence-electron chi connectivity index (χ3n) is 1.87. The highest BCUT2D eigenvalue weighted by molar-refractivity contribution is 9.10. The smallest absolute Gasteiger partial charge is 0.0288 e.